The first kappa shape index (κ1) is 15.8. The number of nitrogens with one attached hydrogen (secondary N) is 2. The number of amides is 1. The summed E-state index contributed by atoms with van der Waals surface area (Å²) in [6.07, 6.45) is 1.29. The maximum Gasteiger partial charge on any atom is 0.225 e. The second kappa shape index (κ2) is 7.97. The Morgan fingerprint density at radius 3 is 2.55 bits per heavy atom. The van der Waals surface area contributed by atoms with Crippen molar-refractivity contribution in [3.05, 3.63) is 42.0 Å². The molecule has 0 fully saturated rings. The maximum absolute atomic E-state index is 11.5. The summed E-state index contributed by atoms with van der Waals surface area (Å²) in [7, 11) is 1.65. The van der Waals surface area contributed by atoms with Gasteiger partial charge in [-0.2, -0.15) is 0 Å². The van der Waals surface area contributed by atoms with Crippen LogP contribution >= 0.6 is 0 Å². The topological polar surface area (TPSA) is 76.1 Å². The summed E-state index contributed by atoms with van der Waals surface area (Å²) < 4.78 is 5.30. The van der Waals surface area contributed by atoms with Crippen molar-refractivity contribution in [3.8, 4) is 5.75 Å². The van der Waals surface area contributed by atoms with Gasteiger partial charge in [-0.3, -0.25) is 4.79 Å². The maximum atomic E-state index is 11.5. The van der Waals surface area contributed by atoms with Crippen molar-refractivity contribution >= 4 is 17.5 Å². The van der Waals surface area contributed by atoms with Crippen LogP contribution in [-0.2, 0) is 11.3 Å². The minimum absolute atomic E-state index is 0.0495. The summed E-state index contributed by atoms with van der Waals surface area (Å²) in [5, 5.41) is 13.9. The molecule has 0 unspecified atom stereocenters. The van der Waals surface area contributed by atoms with Crippen LogP contribution in [0.5, 0.6) is 5.75 Å². The Bertz CT molecular complexity index is 614. The molecule has 0 aliphatic carbocycles. The monoisotopic (exact) mass is 300 g/mol. The van der Waals surface area contributed by atoms with Gasteiger partial charge in [0.25, 0.3) is 0 Å². The zero-order chi connectivity index (χ0) is 15.8. The van der Waals surface area contributed by atoms with Crippen LogP contribution in [0.25, 0.3) is 0 Å². The van der Waals surface area contributed by atoms with Crippen molar-refractivity contribution in [1.82, 2.24) is 10.2 Å². The average molecular weight is 300 g/mol. The van der Waals surface area contributed by atoms with Gasteiger partial charge in [0.15, 0.2) is 5.82 Å². The molecular formula is C16H20N4O2. The smallest absolute Gasteiger partial charge is 0.225 e. The van der Waals surface area contributed by atoms with Gasteiger partial charge in [-0.05, 0) is 24.6 Å². The number of rotatable bonds is 7. The predicted molar refractivity (Wildman–Crippen MR) is 85.9 cm³/mol. The van der Waals surface area contributed by atoms with E-state index in [2.05, 4.69) is 20.8 Å². The zero-order valence-electron chi connectivity index (χ0n) is 12.8. The number of ether oxygens (including phenoxy) is 1. The number of aromatic nitrogens is 2. The van der Waals surface area contributed by atoms with Crippen molar-refractivity contribution < 1.29 is 9.53 Å². The van der Waals surface area contributed by atoms with Crippen LogP contribution in [0.15, 0.2) is 36.4 Å². The van der Waals surface area contributed by atoms with Gasteiger partial charge in [-0.15, -0.1) is 10.2 Å². The van der Waals surface area contributed by atoms with Crippen LogP contribution in [0, 0.1) is 0 Å². The van der Waals surface area contributed by atoms with E-state index < -0.39 is 0 Å². The Morgan fingerprint density at radius 2 is 1.86 bits per heavy atom. The number of carbonyl (C=O) groups is 1. The molecule has 0 spiro atoms. The summed E-state index contributed by atoms with van der Waals surface area (Å²) in [5.74, 6) is 1.87. The van der Waals surface area contributed by atoms with E-state index in [1.165, 1.54) is 0 Å². The molecule has 0 atom stereocenters. The third-order valence-corrected chi connectivity index (χ3v) is 3.06. The summed E-state index contributed by atoms with van der Waals surface area (Å²) in [5.41, 5.74) is 1.03. The lowest BCUT2D eigenvalue weighted by Gasteiger charge is -2.10. The highest BCUT2D eigenvalue weighted by atomic mass is 16.5. The molecular weight excluding hydrogens is 280 g/mol. The van der Waals surface area contributed by atoms with E-state index >= 15 is 0 Å². The number of hydrogen-bond acceptors (Lipinski definition) is 5. The van der Waals surface area contributed by atoms with Crippen LogP contribution in [0.4, 0.5) is 11.6 Å². The minimum atomic E-state index is -0.0495. The second-order valence-corrected chi connectivity index (χ2v) is 4.77. The SMILES string of the molecule is CCCC(=O)Nc1ccc(NCc2ccccc2OC)nn1. The molecule has 1 heterocycles. The van der Waals surface area contributed by atoms with E-state index in [1.807, 2.05) is 31.2 Å². The van der Waals surface area contributed by atoms with Crippen LogP contribution < -0.4 is 15.4 Å². The molecule has 1 amide bonds. The number of para-hydroxylation sites is 1. The molecule has 6 heteroatoms. The largest absolute Gasteiger partial charge is 0.496 e. The van der Waals surface area contributed by atoms with E-state index in [9.17, 15) is 4.79 Å². The number of benzene rings is 1. The lowest BCUT2D eigenvalue weighted by molar-refractivity contribution is -0.116. The van der Waals surface area contributed by atoms with E-state index in [0.717, 1.165) is 17.7 Å². The van der Waals surface area contributed by atoms with Gasteiger partial charge in [-0.25, -0.2) is 0 Å². The summed E-state index contributed by atoms with van der Waals surface area (Å²) in [6.45, 7) is 2.54. The van der Waals surface area contributed by atoms with Crippen molar-refractivity contribution in [2.75, 3.05) is 17.7 Å². The zero-order valence-corrected chi connectivity index (χ0v) is 12.8. The summed E-state index contributed by atoms with van der Waals surface area (Å²) in [6, 6.07) is 11.3. The molecule has 1 aromatic heterocycles. The van der Waals surface area contributed by atoms with Crippen molar-refractivity contribution in [2.45, 2.75) is 26.3 Å². The standard InChI is InChI=1S/C16H20N4O2/c1-3-6-16(21)18-15-10-9-14(19-20-15)17-11-12-7-4-5-8-13(12)22-2/h4-5,7-10H,3,6,11H2,1-2H3,(H,17,19)(H,18,20,21). The fourth-order valence-corrected chi connectivity index (χ4v) is 1.96. The van der Waals surface area contributed by atoms with Gasteiger partial charge in [0, 0.05) is 18.5 Å². The van der Waals surface area contributed by atoms with Crippen LogP contribution in [-0.4, -0.2) is 23.2 Å². The van der Waals surface area contributed by atoms with Gasteiger partial charge in [-0.1, -0.05) is 25.1 Å². The highest BCUT2D eigenvalue weighted by Gasteiger charge is 2.04. The molecule has 2 rings (SSSR count). The first-order chi connectivity index (χ1) is 10.7. The Balaban J connectivity index is 1.92. The lowest BCUT2D eigenvalue weighted by Crippen LogP contribution is -2.12. The predicted octanol–water partition coefficient (Wildman–Crippen LogP) is 2.84. The van der Waals surface area contributed by atoms with E-state index in [4.69, 9.17) is 4.74 Å². The number of nitrogens with zero attached hydrogens (tertiary/aromatic N) is 2. The number of hydrogen-bond donors (Lipinski definition) is 2. The number of carbonyl (C=O) groups excluding carboxylic acids is 1. The van der Waals surface area contributed by atoms with Crippen LogP contribution in [0.3, 0.4) is 0 Å². The van der Waals surface area contributed by atoms with Crippen molar-refractivity contribution in [1.29, 1.82) is 0 Å². The first-order valence-corrected chi connectivity index (χ1v) is 7.22. The van der Waals surface area contributed by atoms with Crippen molar-refractivity contribution in [3.63, 3.8) is 0 Å². The Hall–Kier alpha value is -2.63. The Kier molecular flexibility index (Phi) is 5.71. The molecule has 0 aliphatic heterocycles. The quantitative estimate of drug-likeness (QED) is 0.822. The van der Waals surface area contributed by atoms with E-state index in [0.29, 0.717) is 24.6 Å². The van der Waals surface area contributed by atoms with Gasteiger partial charge in [0.1, 0.15) is 11.6 Å². The highest BCUT2D eigenvalue weighted by Crippen LogP contribution is 2.18. The van der Waals surface area contributed by atoms with Crippen LogP contribution in [0.2, 0.25) is 0 Å². The molecule has 116 valence electrons. The van der Waals surface area contributed by atoms with Gasteiger partial charge in [0.2, 0.25) is 5.91 Å². The third kappa shape index (κ3) is 4.44. The first-order valence-electron chi connectivity index (χ1n) is 7.22. The third-order valence-electron chi connectivity index (χ3n) is 3.06. The summed E-state index contributed by atoms with van der Waals surface area (Å²) in [4.78, 5) is 11.5. The Morgan fingerprint density at radius 1 is 1.14 bits per heavy atom. The molecule has 6 nitrogen and oxygen atoms in total. The van der Waals surface area contributed by atoms with E-state index in [-0.39, 0.29) is 5.91 Å². The van der Waals surface area contributed by atoms with Crippen LogP contribution in [0.1, 0.15) is 25.3 Å². The molecule has 1 aromatic carbocycles. The van der Waals surface area contributed by atoms with E-state index in [1.54, 1.807) is 19.2 Å². The van der Waals surface area contributed by atoms with Gasteiger partial charge in [0.05, 0.1) is 7.11 Å². The number of methoxy groups -OCH3 is 1. The number of anilines is 2. The average Bonchev–Trinajstić information content (AvgIpc) is 2.54. The summed E-state index contributed by atoms with van der Waals surface area (Å²) >= 11 is 0. The minimum Gasteiger partial charge on any atom is -0.496 e. The fourth-order valence-electron chi connectivity index (χ4n) is 1.96. The fraction of sp³-hybridized carbons (Fsp3) is 0.312. The Labute approximate surface area is 129 Å². The molecule has 0 saturated heterocycles. The molecule has 0 radical (unpaired) electrons. The van der Waals surface area contributed by atoms with Gasteiger partial charge >= 0.3 is 0 Å². The van der Waals surface area contributed by atoms with Gasteiger partial charge < -0.3 is 15.4 Å². The molecule has 0 saturated carbocycles. The molecule has 0 aliphatic rings. The second-order valence-electron chi connectivity index (χ2n) is 4.77. The highest BCUT2D eigenvalue weighted by molar-refractivity contribution is 5.89. The molecule has 0 bridgehead atoms. The molecule has 22 heavy (non-hydrogen) atoms. The molecule has 2 aromatic rings. The lowest BCUT2D eigenvalue weighted by atomic mass is 10.2. The molecule has 2 N–H and O–H groups in total. The normalized spacial score (nSPS) is 10.1. The van der Waals surface area contributed by atoms with Crippen molar-refractivity contribution in [2.24, 2.45) is 0 Å².